The molecule has 0 bridgehead atoms. The third-order valence-corrected chi connectivity index (χ3v) is 3.11. The Kier molecular flexibility index (Phi) is 6.24. The summed E-state index contributed by atoms with van der Waals surface area (Å²) in [6.07, 6.45) is 1.65. The lowest BCUT2D eigenvalue weighted by Gasteiger charge is -2.08. The highest BCUT2D eigenvalue weighted by molar-refractivity contribution is 5.91. The van der Waals surface area contributed by atoms with E-state index < -0.39 is 5.97 Å². The van der Waals surface area contributed by atoms with E-state index in [1.54, 1.807) is 6.08 Å². The summed E-state index contributed by atoms with van der Waals surface area (Å²) >= 11 is 0. The molecule has 2 aromatic carbocycles. The zero-order chi connectivity index (χ0) is 16.5. The molecule has 0 fully saturated rings. The lowest BCUT2D eigenvalue weighted by atomic mass is 10.2. The molecule has 0 unspecified atom stereocenters. The van der Waals surface area contributed by atoms with E-state index in [9.17, 15) is 4.79 Å². The van der Waals surface area contributed by atoms with E-state index in [1.807, 2.05) is 61.5 Å². The van der Waals surface area contributed by atoms with Gasteiger partial charge in [0.1, 0.15) is 12.4 Å². The highest BCUT2D eigenvalue weighted by atomic mass is 16.6. The minimum Gasteiger partial charge on any atom is -0.489 e. The predicted molar refractivity (Wildman–Crippen MR) is 88.8 cm³/mol. The van der Waals surface area contributed by atoms with Crippen molar-refractivity contribution in [3.8, 4) is 5.75 Å². The summed E-state index contributed by atoms with van der Waals surface area (Å²) in [5.74, 6) is 0.464. The summed E-state index contributed by atoms with van der Waals surface area (Å²) in [6.45, 7) is 2.74. The van der Waals surface area contributed by atoms with Gasteiger partial charge in [-0.25, -0.2) is 4.79 Å². The van der Waals surface area contributed by atoms with Gasteiger partial charge in [-0.3, -0.25) is 0 Å². The molecular weight excluding hydrogens is 292 g/mol. The highest BCUT2D eigenvalue weighted by Crippen LogP contribution is 2.17. The molecular formula is C19H20O4. The van der Waals surface area contributed by atoms with Crippen LogP contribution in [0, 0.1) is 0 Å². The van der Waals surface area contributed by atoms with E-state index in [2.05, 4.69) is 0 Å². The van der Waals surface area contributed by atoms with Crippen LogP contribution in [0.15, 0.2) is 60.4 Å². The monoisotopic (exact) mass is 312 g/mol. The molecule has 0 radical (unpaired) electrons. The Bertz CT molecular complexity index is 645. The number of methoxy groups -OCH3 is 1. The summed E-state index contributed by atoms with van der Waals surface area (Å²) < 4.78 is 15.7. The van der Waals surface area contributed by atoms with Gasteiger partial charge in [0.2, 0.25) is 5.76 Å². The van der Waals surface area contributed by atoms with Crippen LogP contribution >= 0.6 is 0 Å². The van der Waals surface area contributed by atoms with Gasteiger partial charge in [0.25, 0.3) is 0 Å². The first kappa shape index (κ1) is 16.6. The zero-order valence-corrected chi connectivity index (χ0v) is 13.3. The van der Waals surface area contributed by atoms with Crippen LogP contribution in [0.3, 0.4) is 0 Å². The Labute approximate surface area is 136 Å². The van der Waals surface area contributed by atoms with Crippen LogP contribution < -0.4 is 4.74 Å². The lowest BCUT2D eigenvalue weighted by molar-refractivity contribution is -0.139. The van der Waals surface area contributed by atoms with Crippen molar-refractivity contribution in [3.63, 3.8) is 0 Å². The van der Waals surface area contributed by atoms with Crippen molar-refractivity contribution < 1.29 is 19.0 Å². The molecule has 4 nitrogen and oxygen atoms in total. The van der Waals surface area contributed by atoms with Crippen LogP contribution in [-0.2, 0) is 20.9 Å². The average Bonchev–Trinajstić information content (AvgIpc) is 2.61. The molecule has 0 amide bonds. The van der Waals surface area contributed by atoms with E-state index in [0.717, 1.165) is 16.9 Å². The Hall–Kier alpha value is -2.75. The number of esters is 1. The van der Waals surface area contributed by atoms with Gasteiger partial charge < -0.3 is 14.2 Å². The first-order valence-corrected chi connectivity index (χ1v) is 7.42. The average molecular weight is 312 g/mol. The summed E-state index contributed by atoms with van der Waals surface area (Å²) in [7, 11) is 1.33. The quantitative estimate of drug-likeness (QED) is 0.443. The summed E-state index contributed by atoms with van der Waals surface area (Å²) in [5.41, 5.74) is 1.95. The van der Waals surface area contributed by atoms with E-state index in [0.29, 0.717) is 13.2 Å². The molecule has 23 heavy (non-hydrogen) atoms. The number of rotatable bonds is 7. The zero-order valence-electron chi connectivity index (χ0n) is 13.3. The van der Waals surface area contributed by atoms with E-state index in [4.69, 9.17) is 14.2 Å². The molecule has 0 atom stereocenters. The summed E-state index contributed by atoms with van der Waals surface area (Å²) in [4.78, 5) is 11.6. The topological polar surface area (TPSA) is 44.8 Å². The molecule has 0 aromatic heterocycles. The van der Waals surface area contributed by atoms with Crippen LogP contribution in [0.2, 0.25) is 0 Å². The van der Waals surface area contributed by atoms with Crippen LogP contribution in [0.4, 0.5) is 0 Å². The first-order chi connectivity index (χ1) is 11.2. The van der Waals surface area contributed by atoms with E-state index >= 15 is 0 Å². The van der Waals surface area contributed by atoms with Crippen molar-refractivity contribution in [2.75, 3.05) is 13.7 Å². The van der Waals surface area contributed by atoms with Gasteiger partial charge in [-0.1, -0.05) is 42.5 Å². The molecule has 0 saturated carbocycles. The maximum absolute atomic E-state index is 11.6. The van der Waals surface area contributed by atoms with E-state index in [-0.39, 0.29) is 5.76 Å². The molecule has 0 aliphatic heterocycles. The maximum Gasteiger partial charge on any atom is 0.373 e. The van der Waals surface area contributed by atoms with Gasteiger partial charge in [-0.2, -0.15) is 0 Å². The second kappa shape index (κ2) is 8.63. The third-order valence-electron chi connectivity index (χ3n) is 3.11. The third kappa shape index (κ3) is 5.18. The lowest BCUT2D eigenvalue weighted by Crippen LogP contribution is -2.08. The molecule has 0 N–H and O–H groups in total. The Balaban J connectivity index is 2.02. The second-order valence-electron chi connectivity index (χ2n) is 4.78. The van der Waals surface area contributed by atoms with Crippen molar-refractivity contribution in [2.45, 2.75) is 13.5 Å². The smallest absolute Gasteiger partial charge is 0.373 e. The Morgan fingerprint density at radius 3 is 2.35 bits per heavy atom. The molecule has 0 saturated heterocycles. The number of hydrogen-bond acceptors (Lipinski definition) is 4. The molecule has 4 heteroatoms. The van der Waals surface area contributed by atoms with Crippen molar-refractivity contribution in [1.29, 1.82) is 0 Å². The fourth-order valence-electron chi connectivity index (χ4n) is 1.97. The molecule has 120 valence electrons. The number of ether oxygens (including phenoxy) is 3. The number of hydrogen-bond donors (Lipinski definition) is 0. The molecule has 0 spiro atoms. The van der Waals surface area contributed by atoms with Gasteiger partial charge >= 0.3 is 5.97 Å². The Morgan fingerprint density at radius 1 is 1.04 bits per heavy atom. The van der Waals surface area contributed by atoms with E-state index in [1.165, 1.54) is 7.11 Å². The molecule has 2 rings (SSSR count). The minimum absolute atomic E-state index is 0.188. The second-order valence-corrected chi connectivity index (χ2v) is 4.78. The first-order valence-electron chi connectivity index (χ1n) is 7.42. The van der Waals surface area contributed by atoms with Crippen molar-refractivity contribution >= 4 is 12.0 Å². The highest BCUT2D eigenvalue weighted by Gasteiger charge is 2.10. The fourth-order valence-corrected chi connectivity index (χ4v) is 1.97. The molecule has 2 aromatic rings. The molecule has 0 aliphatic carbocycles. The van der Waals surface area contributed by atoms with Gasteiger partial charge in [0.15, 0.2) is 0 Å². The molecule has 0 aliphatic rings. The summed E-state index contributed by atoms with van der Waals surface area (Å²) in [6, 6.07) is 17.4. The SMILES string of the molecule is CCOC(=Cc1ccc(OCc2ccccc2)cc1)C(=O)OC. The molecule has 0 heterocycles. The van der Waals surface area contributed by atoms with Gasteiger partial charge in [-0.15, -0.1) is 0 Å². The van der Waals surface area contributed by atoms with Crippen molar-refractivity contribution in [2.24, 2.45) is 0 Å². The van der Waals surface area contributed by atoms with Crippen LogP contribution in [0.25, 0.3) is 6.08 Å². The predicted octanol–water partition coefficient (Wildman–Crippen LogP) is 3.82. The number of benzene rings is 2. The van der Waals surface area contributed by atoms with Crippen LogP contribution in [-0.4, -0.2) is 19.7 Å². The normalized spacial score (nSPS) is 11.0. The van der Waals surface area contributed by atoms with Gasteiger partial charge in [0, 0.05) is 0 Å². The fraction of sp³-hybridized carbons (Fsp3) is 0.211. The summed E-state index contributed by atoms with van der Waals surface area (Å²) in [5, 5.41) is 0. The van der Waals surface area contributed by atoms with Gasteiger partial charge in [-0.05, 0) is 36.3 Å². The van der Waals surface area contributed by atoms with Crippen molar-refractivity contribution in [1.82, 2.24) is 0 Å². The number of carbonyl (C=O) groups is 1. The standard InChI is InChI=1S/C19H20O4/c1-3-22-18(19(20)21-2)13-15-9-11-17(12-10-15)23-14-16-7-5-4-6-8-16/h4-13H,3,14H2,1-2H3. The largest absolute Gasteiger partial charge is 0.489 e. The van der Waals surface area contributed by atoms with Crippen molar-refractivity contribution in [3.05, 3.63) is 71.5 Å². The van der Waals surface area contributed by atoms with Gasteiger partial charge in [0.05, 0.1) is 13.7 Å². The van der Waals surface area contributed by atoms with Crippen LogP contribution in [0.5, 0.6) is 5.75 Å². The maximum atomic E-state index is 11.6. The minimum atomic E-state index is -0.490. The van der Waals surface area contributed by atoms with Crippen LogP contribution in [0.1, 0.15) is 18.1 Å². The Morgan fingerprint density at radius 2 is 1.74 bits per heavy atom. The number of carbonyl (C=O) groups excluding carboxylic acids is 1.